The lowest BCUT2D eigenvalue weighted by Gasteiger charge is -2.26. The maximum absolute atomic E-state index is 12.0. The van der Waals surface area contributed by atoms with Crippen LogP contribution in [0.15, 0.2) is 12.1 Å². The fourth-order valence-corrected chi connectivity index (χ4v) is 3.26. The predicted octanol–water partition coefficient (Wildman–Crippen LogP) is 3.26. The maximum Gasteiger partial charge on any atom is 0.262 e. The molecule has 4 heteroatoms. The normalized spacial score (nSPS) is 18.0. The molecular weight excluding hydrogens is 244 g/mol. The number of carbonyl (C=O) groups excluding carboxylic acids is 1. The summed E-state index contributed by atoms with van der Waals surface area (Å²) in [5.41, 5.74) is 0. The summed E-state index contributed by atoms with van der Waals surface area (Å²) in [6, 6.07) is 5.67. The van der Waals surface area contributed by atoms with Crippen molar-refractivity contribution in [2.24, 2.45) is 5.92 Å². The molecule has 18 heavy (non-hydrogen) atoms. The van der Waals surface area contributed by atoms with E-state index in [1.165, 1.54) is 30.6 Å². The maximum atomic E-state index is 12.0. The van der Waals surface area contributed by atoms with Gasteiger partial charge in [0.05, 0.1) is 10.9 Å². The Morgan fingerprint density at radius 2 is 2.17 bits per heavy atom. The van der Waals surface area contributed by atoms with Gasteiger partial charge in [-0.1, -0.05) is 19.3 Å². The van der Waals surface area contributed by atoms with Crippen molar-refractivity contribution in [3.8, 4) is 6.07 Å². The number of nitrogens with zero attached hydrogens (tertiary/aromatic N) is 1. The molecule has 0 bridgehead atoms. The molecule has 1 saturated carbocycles. The third-order valence-electron chi connectivity index (χ3n) is 3.51. The van der Waals surface area contributed by atoms with Crippen LogP contribution < -0.4 is 5.32 Å². The van der Waals surface area contributed by atoms with Crippen molar-refractivity contribution in [2.45, 2.75) is 45.1 Å². The summed E-state index contributed by atoms with van der Waals surface area (Å²) in [5.74, 6) is 0.221. The van der Waals surface area contributed by atoms with E-state index in [1.54, 1.807) is 0 Å². The molecule has 1 atom stereocenters. The van der Waals surface area contributed by atoms with E-state index in [1.807, 2.05) is 19.1 Å². The third kappa shape index (κ3) is 3.11. The summed E-state index contributed by atoms with van der Waals surface area (Å²) in [7, 11) is 0. The minimum Gasteiger partial charge on any atom is -0.335 e. The van der Waals surface area contributed by atoms with Gasteiger partial charge in [0, 0.05) is 4.88 Å². The number of nitrogens with one attached hydrogen (secondary N) is 1. The monoisotopic (exact) mass is 262 g/mol. The van der Waals surface area contributed by atoms with Crippen LogP contribution in [0, 0.1) is 24.2 Å². The van der Waals surface area contributed by atoms with E-state index in [-0.39, 0.29) is 11.9 Å². The van der Waals surface area contributed by atoms with Gasteiger partial charge in [-0.3, -0.25) is 4.79 Å². The molecule has 1 aromatic rings. The fraction of sp³-hybridized carbons (Fsp3) is 0.571. The Kier molecular flexibility index (Phi) is 4.38. The average molecular weight is 262 g/mol. The summed E-state index contributed by atoms with van der Waals surface area (Å²) in [6.07, 6.45) is 5.73. The van der Waals surface area contributed by atoms with Crippen molar-refractivity contribution in [1.29, 1.82) is 5.26 Å². The molecule has 1 unspecified atom stereocenters. The van der Waals surface area contributed by atoms with Crippen LogP contribution >= 0.6 is 11.3 Å². The number of aryl methyl sites for hydroxylation is 1. The quantitative estimate of drug-likeness (QED) is 0.909. The fourth-order valence-electron chi connectivity index (χ4n) is 2.49. The Hall–Kier alpha value is -1.34. The minimum atomic E-state index is -0.333. The lowest BCUT2D eigenvalue weighted by Crippen LogP contribution is -2.39. The number of hydrogen-bond donors (Lipinski definition) is 1. The van der Waals surface area contributed by atoms with Crippen LogP contribution in [-0.4, -0.2) is 11.9 Å². The molecule has 3 nitrogen and oxygen atoms in total. The number of carbonyl (C=O) groups is 1. The highest BCUT2D eigenvalue weighted by molar-refractivity contribution is 7.13. The number of hydrogen-bond acceptors (Lipinski definition) is 3. The first-order valence-corrected chi connectivity index (χ1v) is 7.29. The molecule has 1 heterocycles. The Morgan fingerprint density at radius 3 is 2.72 bits per heavy atom. The van der Waals surface area contributed by atoms with Gasteiger partial charge in [0.15, 0.2) is 0 Å². The summed E-state index contributed by atoms with van der Waals surface area (Å²) in [4.78, 5) is 13.8. The van der Waals surface area contributed by atoms with Crippen molar-refractivity contribution < 1.29 is 4.79 Å². The zero-order valence-electron chi connectivity index (χ0n) is 10.6. The average Bonchev–Trinajstić information content (AvgIpc) is 2.83. The van der Waals surface area contributed by atoms with Gasteiger partial charge in [-0.25, -0.2) is 0 Å². The zero-order chi connectivity index (χ0) is 13.0. The van der Waals surface area contributed by atoms with Gasteiger partial charge in [0.2, 0.25) is 0 Å². The Morgan fingerprint density at radius 1 is 1.44 bits per heavy atom. The summed E-state index contributed by atoms with van der Waals surface area (Å²) in [6.45, 7) is 1.98. The number of rotatable bonds is 3. The van der Waals surface area contributed by atoms with Gasteiger partial charge in [0.1, 0.15) is 6.04 Å². The Labute approximate surface area is 112 Å². The van der Waals surface area contributed by atoms with Crippen molar-refractivity contribution in [2.75, 3.05) is 0 Å². The van der Waals surface area contributed by atoms with E-state index in [2.05, 4.69) is 11.4 Å². The topological polar surface area (TPSA) is 52.9 Å². The third-order valence-corrected chi connectivity index (χ3v) is 4.51. The molecule has 1 aromatic heterocycles. The molecule has 1 aliphatic rings. The molecule has 0 radical (unpaired) electrons. The molecule has 0 aromatic carbocycles. The first-order valence-electron chi connectivity index (χ1n) is 6.47. The van der Waals surface area contributed by atoms with Gasteiger partial charge in [-0.2, -0.15) is 5.26 Å². The smallest absolute Gasteiger partial charge is 0.262 e. The van der Waals surface area contributed by atoms with Gasteiger partial charge >= 0.3 is 0 Å². The zero-order valence-corrected chi connectivity index (χ0v) is 11.4. The van der Waals surface area contributed by atoms with E-state index >= 15 is 0 Å². The molecule has 96 valence electrons. The highest BCUT2D eigenvalue weighted by Crippen LogP contribution is 2.26. The van der Waals surface area contributed by atoms with Crippen LogP contribution in [0.5, 0.6) is 0 Å². The van der Waals surface area contributed by atoms with Gasteiger partial charge < -0.3 is 5.32 Å². The second-order valence-electron chi connectivity index (χ2n) is 4.89. The van der Waals surface area contributed by atoms with Gasteiger partial charge in [-0.15, -0.1) is 11.3 Å². The van der Waals surface area contributed by atoms with Crippen molar-refractivity contribution in [3.63, 3.8) is 0 Å². The van der Waals surface area contributed by atoms with Gasteiger partial charge in [0.25, 0.3) is 5.91 Å². The second kappa shape index (κ2) is 6.01. The molecule has 1 aliphatic carbocycles. The summed E-state index contributed by atoms with van der Waals surface area (Å²) >= 11 is 1.47. The largest absolute Gasteiger partial charge is 0.335 e. The molecule has 0 spiro atoms. The van der Waals surface area contributed by atoms with E-state index in [9.17, 15) is 10.1 Å². The number of amides is 1. The standard InChI is InChI=1S/C14H18N2OS/c1-10-7-8-13(18-10)14(17)16-12(9-15)11-5-3-2-4-6-11/h7-8,11-12H,2-6H2,1H3,(H,16,17). The summed E-state index contributed by atoms with van der Waals surface area (Å²) < 4.78 is 0. The molecule has 0 saturated heterocycles. The van der Waals surface area contributed by atoms with Crippen LogP contribution in [-0.2, 0) is 0 Å². The van der Waals surface area contributed by atoms with Crippen LogP contribution in [0.3, 0.4) is 0 Å². The SMILES string of the molecule is Cc1ccc(C(=O)NC(C#N)C2CCCCC2)s1. The molecular formula is C14H18N2OS. The van der Waals surface area contributed by atoms with Crippen molar-refractivity contribution in [3.05, 3.63) is 21.9 Å². The first kappa shape index (κ1) is 13.1. The lowest BCUT2D eigenvalue weighted by atomic mass is 9.84. The Bertz CT molecular complexity index is 455. The number of nitriles is 1. The van der Waals surface area contributed by atoms with Crippen LogP contribution in [0.4, 0.5) is 0 Å². The van der Waals surface area contributed by atoms with E-state index < -0.39 is 0 Å². The molecule has 1 fully saturated rings. The summed E-state index contributed by atoms with van der Waals surface area (Å²) in [5, 5.41) is 12.1. The molecule has 1 N–H and O–H groups in total. The minimum absolute atomic E-state index is 0.106. The lowest BCUT2D eigenvalue weighted by molar-refractivity contribution is 0.0933. The molecule has 0 aliphatic heterocycles. The predicted molar refractivity (Wildman–Crippen MR) is 72.5 cm³/mol. The highest BCUT2D eigenvalue weighted by atomic mass is 32.1. The van der Waals surface area contributed by atoms with E-state index in [0.717, 1.165) is 17.7 Å². The molecule has 1 amide bonds. The first-order chi connectivity index (χ1) is 8.70. The van der Waals surface area contributed by atoms with E-state index in [4.69, 9.17) is 0 Å². The highest BCUT2D eigenvalue weighted by Gasteiger charge is 2.25. The second-order valence-corrected chi connectivity index (χ2v) is 6.18. The van der Waals surface area contributed by atoms with Gasteiger partial charge in [-0.05, 0) is 37.8 Å². The van der Waals surface area contributed by atoms with E-state index in [0.29, 0.717) is 10.8 Å². The molecule has 2 rings (SSSR count). The Balaban J connectivity index is 1.98. The van der Waals surface area contributed by atoms with Crippen molar-refractivity contribution in [1.82, 2.24) is 5.32 Å². The van der Waals surface area contributed by atoms with Crippen LogP contribution in [0.25, 0.3) is 0 Å². The van der Waals surface area contributed by atoms with Crippen LogP contribution in [0.2, 0.25) is 0 Å². The van der Waals surface area contributed by atoms with Crippen molar-refractivity contribution >= 4 is 17.2 Å². The van der Waals surface area contributed by atoms with Crippen LogP contribution in [0.1, 0.15) is 46.7 Å². The number of thiophene rings is 1.